The molecule has 0 aromatic heterocycles. The predicted octanol–water partition coefficient (Wildman–Crippen LogP) is 3.34. The van der Waals surface area contributed by atoms with Gasteiger partial charge in [-0.25, -0.2) is 8.78 Å². The molecule has 2 saturated heterocycles. The van der Waals surface area contributed by atoms with Crippen molar-refractivity contribution in [3.8, 4) is 12.1 Å². The van der Waals surface area contributed by atoms with Gasteiger partial charge >= 0.3 is 0 Å². The lowest BCUT2D eigenvalue weighted by Gasteiger charge is -2.33. The number of nitrogens with zero attached hydrogens (tertiary/aromatic N) is 4. The molecule has 2 fully saturated rings. The Morgan fingerprint density at radius 3 is 1.54 bits per heavy atom. The van der Waals surface area contributed by atoms with Gasteiger partial charge in [-0.05, 0) is 11.1 Å². The maximum absolute atomic E-state index is 14.0. The number of halogens is 2. The molecule has 26 heavy (non-hydrogen) atoms. The van der Waals surface area contributed by atoms with E-state index in [0.717, 1.165) is 13.1 Å². The van der Waals surface area contributed by atoms with Crippen LogP contribution in [0, 0.1) is 22.7 Å². The Kier molecular flexibility index (Phi) is 5.55. The second kappa shape index (κ2) is 7.70. The highest BCUT2D eigenvalue weighted by Crippen LogP contribution is 2.28. The van der Waals surface area contributed by atoms with Crippen LogP contribution in [0.25, 0.3) is 0 Å². The van der Waals surface area contributed by atoms with Gasteiger partial charge in [0.05, 0.1) is 0 Å². The van der Waals surface area contributed by atoms with Crippen LogP contribution in [0.15, 0.2) is 24.3 Å². The van der Waals surface area contributed by atoms with Gasteiger partial charge in [0.15, 0.2) is 11.3 Å². The number of alkyl halides is 2. The summed E-state index contributed by atoms with van der Waals surface area (Å²) >= 11 is 0. The van der Waals surface area contributed by atoms with Gasteiger partial charge in [0, 0.05) is 65.0 Å². The molecule has 0 bridgehead atoms. The molecule has 2 aliphatic rings. The molecular formula is C20H24F2N4. The van der Waals surface area contributed by atoms with Crippen LogP contribution < -0.4 is 0 Å². The van der Waals surface area contributed by atoms with Crippen molar-refractivity contribution in [2.75, 3.05) is 26.2 Å². The second-order valence-electron chi connectivity index (χ2n) is 7.53. The van der Waals surface area contributed by atoms with Gasteiger partial charge in [-0.3, -0.25) is 9.80 Å². The SMILES string of the molecule is N#CC1(F)CCN(Cc2cccc(CN3CCC(F)(C#N)CC3)c2)CC1. The number of benzene rings is 1. The standard InChI is InChI=1S/C20H24F2N4/c21-19(15-23)4-8-25(9-5-19)13-17-2-1-3-18(12-17)14-26-10-6-20(22,16-24)7-11-26/h1-3,12H,4-11,13-14H2. The summed E-state index contributed by atoms with van der Waals surface area (Å²) in [6, 6.07) is 11.8. The van der Waals surface area contributed by atoms with Gasteiger partial charge < -0.3 is 0 Å². The Morgan fingerprint density at radius 1 is 0.808 bits per heavy atom. The van der Waals surface area contributed by atoms with Crippen LogP contribution >= 0.6 is 0 Å². The van der Waals surface area contributed by atoms with Gasteiger partial charge in [-0.15, -0.1) is 0 Å². The van der Waals surface area contributed by atoms with Crippen molar-refractivity contribution < 1.29 is 8.78 Å². The highest BCUT2D eigenvalue weighted by atomic mass is 19.1. The fourth-order valence-corrected chi connectivity index (χ4v) is 3.70. The molecule has 0 N–H and O–H groups in total. The molecule has 0 radical (unpaired) electrons. The Balaban J connectivity index is 1.53. The summed E-state index contributed by atoms with van der Waals surface area (Å²) in [5.74, 6) is 0. The first-order valence-corrected chi connectivity index (χ1v) is 9.17. The van der Waals surface area contributed by atoms with E-state index in [4.69, 9.17) is 10.5 Å². The van der Waals surface area contributed by atoms with E-state index in [2.05, 4.69) is 28.0 Å². The number of hydrogen-bond donors (Lipinski definition) is 0. The van der Waals surface area contributed by atoms with E-state index in [9.17, 15) is 8.78 Å². The summed E-state index contributed by atoms with van der Waals surface area (Å²) in [5, 5.41) is 17.8. The van der Waals surface area contributed by atoms with Crippen molar-refractivity contribution >= 4 is 0 Å². The molecular weight excluding hydrogens is 334 g/mol. The number of likely N-dealkylation sites (tertiary alicyclic amines) is 2. The number of piperidine rings is 2. The Labute approximate surface area is 153 Å². The zero-order valence-electron chi connectivity index (χ0n) is 14.9. The number of rotatable bonds is 4. The van der Waals surface area contributed by atoms with Crippen LogP contribution in [0.2, 0.25) is 0 Å². The summed E-state index contributed by atoms with van der Waals surface area (Å²) < 4.78 is 28.0. The molecule has 0 spiro atoms. The van der Waals surface area contributed by atoms with Gasteiger partial charge in [0.2, 0.25) is 0 Å². The van der Waals surface area contributed by atoms with Crippen molar-refractivity contribution in [2.24, 2.45) is 0 Å². The summed E-state index contributed by atoms with van der Waals surface area (Å²) in [6.07, 6.45) is 1.06. The van der Waals surface area contributed by atoms with E-state index in [0.29, 0.717) is 26.2 Å². The average molecular weight is 358 g/mol. The molecule has 0 aliphatic carbocycles. The fourth-order valence-electron chi connectivity index (χ4n) is 3.70. The minimum absolute atomic E-state index is 0.265. The third kappa shape index (κ3) is 4.58. The monoisotopic (exact) mass is 358 g/mol. The average Bonchev–Trinajstić information content (AvgIpc) is 2.66. The predicted molar refractivity (Wildman–Crippen MR) is 94.4 cm³/mol. The number of hydrogen-bond acceptors (Lipinski definition) is 4. The van der Waals surface area contributed by atoms with Crippen LogP contribution in [0.4, 0.5) is 8.78 Å². The largest absolute Gasteiger partial charge is 0.299 e. The van der Waals surface area contributed by atoms with Gasteiger partial charge in [-0.2, -0.15) is 10.5 Å². The second-order valence-corrected chi connectivity index (χ2v) is 7.53. The normalized spacial score (nSPS) is 23.1. The quantitative estimate of drug-likeness (QED) is 0.828. The van der Waals surface area contributed by atoms with Gasteiger partial charge in [-0.1, -0.05) is 24.3 Å². The lowest BCUT2D eigenvalue weighted by Crippen LogP contribution is -2.40. The van der Waals surface area contributed by atoms with E-state index < -0.39 is 11.3 Å². The first-order valence-electron chi connectivity index (χ1n) is 9.17. The smallest absolute Gasteiger partial charge is 0.198 e. The first kappa shape index (κ1) is 18.8. The minimum atomic E-state index is -1.67. The van der Waals surface area contributed by atoms with E-state index >= 15 is 0 Å². The fraction of sp³-hybridized carbons (Fsp3) is 0.600. The summed E-state index contributed by atoms with van der Waals surface area (Å²) in [7, 11) is 0. The Bertz CT molecular complexity index is 648. The van der Waals surface area contributed by atoms with Crippen LogP contribution in [0.5, 0.6) is 0 Å². The minimum Gasteiger partial charge on any atom is -0.299 e. The molecule has 0 atom stereocenters. The van der Waals surface area contributed by atoms with E-state index in [-0.39, 0.29) is 25.7 Å². The highest BCUT2D eigenvalue weighted by molar-refractivity contribution is 5.24. The number of nitriles is 2. The molecule has 4 nitrogen and oxygen atoms in total. The van der Waals surface area contributed by atoms with Crippen molar-refractivity contribution in [3.63, 3.8) is 0 Å². The zero-order valence-corrected chi connectivity index (χ0v) is 14.9. The van der Waals surface area contributed by atoms with Crippen LogP contribution in [0.1, 0.15) is 36.8 Å². The maximum atomic E-state index is 14.0. The topological polar surface area (TPSA) is 54.1 Å². The molecule has 138 valence electrons. The molecule has 2 heterocycles. The third-order valence-corrected chi connectivity index (χ3v) is 5.50. The van der Waals surface area contributed by atoms with Gasteiger partial charge in [0.1, 0.15) is 12.1 Å². The Hall–Kier alpha value is -2.02. The third-order valence-electron chi connectivity index (χ3n) is 5.50. The first-order chi connectivity index (χ1) is 12.4. The lowest BCUT2D eigenvalue weighted by atomic mass is 9.94. The van der Waals surface area contributed by atoms with Crippen molar-refractivity contribution in [1.29, 1.82) is 10.5 Å². The molecule has 3 rings (SSSR count). The van der Waals surface area contributed by atoms with E-state index in [1.807, 2.05) is 6.07 Å². The highest BCUT2D eigenvalue weighted by Gasteiger charge is 2.35. The molecule has 0 amide bonds. The van der Waals surface area contributed by atoms with Crippen molar-refractivity contribution in [2.45, 2.75) is 50.1 Å². The van der Waals surface area contributed by atoms with Crippen LogP contribution in [-0.2, 0) is 13.1 Å². The zero-order chi connectivity index (χ0) is 18.6. The molecule has 0 unspecified atom stereocenters. The molecule has 6 heteroatoms. The molecule has 2 aliphatic heterocycles. The van der Waals surface area contributed by atoms with E-state index in [1.165, 1.54) is 11.1 Å². The van der Waals surface area contributed by atoms with Crippen molar-refractivity contribution in [3.05, 3.63) is 35.4 Å². The summed E-state index contributed by atoms with van der Waals surface area (Å²) in [6.45, 7) is 3.86. The van der Waals surface area contributed by atoms with Gasteiger partial charge in [0.25, 0.3) is 0 Å². The van der Waals surface area contributed by atoms with Crippen molar-refractivity contribution in [1.82, 2.24) is 9.80 Å². The van der Waals surface area contributed by atoms with Crippen LogP contribution in [-0.4, -0.2) is 47.3 Å². The molecule has 0 saturated carbocycles. The van der Waals surface area contributed by atoms with Crippen LogP contribution in [0.3, 0.4) is 0 Å². The Morgan fingerprint density at radius 2 is 1.19 bits per heavy atom. The molecule has 1 aromatic rings. The van der Waals surface area contributed by atoms with E-state index in [1.54, 1.807) is 12.1 Å². The maximum Gasteiger partial charge on any atom is 0.198 e. The summed E-state index contributed by atoms with van der Waals surface area (Å²) in [5.41, 5.74) is -0.997. The summed E-state index contributed by atoms with van der Waals surface area (Å²) in [4.78, 5) is 4.36. The lowest BCUT2D eigenvalue weighted by molar-refractivity contribution is 0.0974. The molecule has 1 aromatic carbocycles.